The predicted octanol–water partition coefficient (Wildman–Crippen LogP) is 1.67. The van der Waals surface area contributed by atoms with Crippen LogP contribution in [0.3, 0.4) is 0 Å². The first-order valence-electron chi connectivity index (χ1n) is 6.51. The summed E-state index contributed by atoms with van der Waals surface area (Å²) in [6.07, 6.45) is 2.26. The molecule has 1 heterocycles. The van der Waals surface area contributed by atoms with Crippen molar-refractivity contribution in [2.45, 2.75) is 25.3 Å². The van der Waals surface area contributed by atoms with E-state index in [1.54, 1.807) is 12.1 Å². The molecule has 0 spiro atoms. The molecule has 6 heteroatoms. The molecule has 0 bridgehead atoms. The van der Waals surface area contributed by atoms with E-state index < -0.39 is 5.82 Å². The zero-order valence-electron chi connectivity index (χ0n) is 11.4. The molecule has 2 N–H and O–H groups in total. The summed E-state index contributed by atoms with van der Waals surface area (Å²) in [5.74, 6) is -0.314. The number of carbonyl (C=O) groups is 1. The van der Waals surface area contributed by atoms with Crippen LogP contribution in [0, 0.1) is 5.82 Å². The van der Waals surface area contributed by atoms with Crippen LogP contribution in [0.5, 0.6) is 5.75 Å². The second kappa shape index (κ2) is 8.07. The van der Waals surface area contributed by atoms with Gasteiger partial charge in [0.1, 0.15) is 0 Å². The fourth-order valence-electron chi connectivity index (χ4n) is 2.26. The fraction of sp³-hybridized carbons (Fsp3) is 0.500. The topological polar surface area (TPSA) is 50.4 Å². The Balaban J connectivity index is 0.00000200. The third kappa shape index (κ3) is 4.65. The summed E-state index contributed by atoms with van der Waals surface area (Å²) < 4.78 is 18.3. The van der Waals surface area contributed by atoms with Crippen LogP contribution in [0.4, 0.5) is 4.39 Å². The minimum absolute atomic E-state index is 0. The Bertz CT molecular complexity index is 451. The molecule has 1 saturated heterocycles. The van der Waals surface area contributed by atoms with Crippen LogP contribution in [0.2, 0.25) is 0 Å². The zero-order chi connectivity index (χ0) is 13.7. The SMILES string of the molecule is COc1ccc(CC(=O)NC2CCCNC2)cc1F.Cl. The van der Waals surface area contributed by atoms with Gasteiger partial charge in [-0.05, 0) is 37.1 Å². The number of ether oxygens (including phenoxy) is 1. The fourth-order valence-corrected chi connectivity index (χ4v) is 2.26. The van der Waals surface area contributed by atoms with E-state index in [2.05, 4.69) is 10.6 Å². The van der Waals surface area contributed by atoms with Crippen molar-refractivity contribution in [3.8, 4) is 5.75 Å². The molecule has 1 aliphatic rings. The summed E-state index contributed by atoms with van der Waals surface area (Å²) in [5.41, 5.74) is 0.652. The van der Waals surface area contributed by atoms with E-state index in [9.17, 15) is 9.18 Å². The molecular weight excluding hydrogens is 283 g/mol. The molecule has 20 heavy (non-hydrogen) atoms. The number of rotatable bonds is 4. The largest absolute Gasteiger partial charge is 0.494 e. The number of amides is 1. The molecule has 1 fully saturated rings. The Labute approximate surface area is 124 Å². The quantitative estimate of drug-likeness (QED) is 0.889. The number of piperidine rings is 1. The van der Waals surface area contributed by atoms with E-state index >= 15 is 0 Å². The number of benzene rings is 1. The lowest BCUT2D eigenvalue weighted by Gasteiger charge is -2.23. The van der Waals surface area contributed by atoms with Gasteiger partial charge in [0, 0.05) is 12.6 Å². The van der Waals surface area contributed by atoms with Crippen LogP contribution in [0.15, 0.2) is 18.2 Å². The standard InChI is InChI=1S/C14H19FN2O2.ClH/c1-19-13-5-4-10(7-12(13)15)8-14(18)17-11-3-2-6-16-9-11;/h4-5,7,11,16H,2-3,6,8-9H2,1H3,(H,17,18);1H. The van der Waals surface area contributed by atoms with Crippen LogP contribution >= 0.6 is 12.4 Å². The van der Waals surface area contributed by atoms with E-state index in [1.807, 2.05) is 0 Å². The Kier molecular flexibility index (Phi) is 6.75. The first kappa shape index (κ1) is 16.7. The van der Waals surface area contributed by atoms with Gasteiger partial charge in [0.15, 0.2) is 11.6 Å². The number of carbonyl (C=O) groups excluding carboxylic acids is 1. The van der Waals surface area contributed by atoms with Gasteiger partial charge in [0.25, 0.3) is 0 Å². The van der Waals surface area contributed by atoms with Crippen molar-refractivity contribution >= 4 is 18.3 Å². The smallest absolute Gasteiger partial charge is 0.224 e. The van der Waals surface area contributed by atoms with Crippen LogP contribution in [-0.4, -0.2) is 32.1 Å². The van der Waals surface area contributed by atoms with Crippen molar-refractivity contribution < 1.29 is 13.9 Å². The molecule has 1 aliphatic heterocycles. The monoisotopic (exact) mass is 302 g/mol. The van der Waals surface area contributed by atoms with E-state index in [-0.39, 0.29) is 36.5 Å². The maximum atomic E-state index is 13.5. The predicted molar refractivity (Wildman–Crippen MR) is 77.9 cm³/mol. The molecule has 0 saturated carbocycles. The normalized spacial score (nSPS) is 18.0. The van der Waals surface area contributed by atoms with Crippen molar-refractivity contribution in [3.63, 3.8) is 0 Å². The summed E-state index contributed by atoms with van der Waals surface area (Å²) in [4.78, 5) is 11.9. The molecule has 1 atom stereocenters. The number of hydrogen-bond donors (Lipinski definition) is 2. The summed E-state index contributed by atoms with van der Waals surface area (Å²) >= 11 is 0. The first-order valence-corrected chi connectivity index (χ1v) is 6.51. The van der Waals surface area contributed by atoms with Gasteiger partial charge in [0.05, 0.1) is 13.5 Å². The Morgan fingerprint density at radius 2 is 2.35 bits per heavy atom. The highest BCUT2D eigenvalue weighted by molar-refractivity contribution is 5.85. The maximum absolute atomic E-state index is 13.5. The van der Waals surface area contributed by atoms with E-state index in [0.717, 1.165) is 25.9 Å². The van der Waals surface area contributed by atoms with Gasteiger partial charge in [-0.2, -0.15) is 0 Å². The lowest BCUT2D eigenvalue weighted by atomic mass is 10.1. The van der Waals surface area contributed by atoms with Crippen molar-refractivity contribution in [1.29, 1.82) is 0 Å². The maximum Gasteiger partial charge on any atom is 0.224 e. The molecule has 0 radical (unpaired) electrons. The van der Waals surface area contributed by atoms with E-state index in [1.165, 1.54) is 13.2 Å². The average molecular weight is 303 g/mol. The second-order valence-electron chi connectivity index (χ2n) is 4.76. The highest BCUT2D eigenvalue weighted by Crippen LogP contribution is 2.18. The van der Waals surface area contributed by atoms with Crippen molar-refractivity contribution in [2.75, 3.05) is 20.2 Å². The molecule has 1 unspecified atom stereocenters. The Morgan fingerprint density at radius 1 is 1.55 bits per heavy atom. The number of hydrogen-bond acceptors (Lipinski definition) is 3. The van der Waals surface area contributed by atoms with Gasteiger partial charge >= 0.3 is 0 Å². The molecule has 1 aromatic carbocycles. The average Bonchev–Trinajstić information content (AvgIpc) is 2.40. The third-order valence-corrected chi connectivity index (χ3v) is 3.24. The lowest BCUT2D eigenvalue weighted by molar-refractivity contribution is -0.121. The van der Waals surface area contributed by atoms with Crippen molar-refractivity contribution in [1.82, 2.24) is 10.6 Å². The lowest BCUT2D eigenvalue weighted by Crippen LogP contribution is -2.46. The van der Waals surface area contributed by atoms with Gasteiger partial charge in [-0.1, -0.05) is 6.07 Å². The number of methoxy groups -OCH3 is 1. The minimum atomic E-state index is -0.438. The molecule has 4 nitrogen and oxygen atoms in total. The molecular formula is C14H20ClFN2O2. The zero-order valence-corrected chi connectivity index (χ0v) is 12.3. The molecule has 0 aromatic heterocycles. The van der Waals surface area contributed by atoms with Gasteiger partial charge in [0.2, 0.25) is 5.91 Å². The first-order chi connectivity index (χ1) is 9.19. The van der Waals surface area contributed by atoms with Crippen molar-refractivity contribution in [2.24, 2.45) is 0 Å². The van der Waals surface area contributed by atoms with Crippen LogP contribution in [0.1, 0.15) is 18.4 Å². The molecule has 1 amide bonds. The molecule has 1 aromatic rings. The molecule has 0 aliphatic carbocycles. The number of halogens is 2. The van der Waals surface area contributed by atoms with Gasteiger partial charge in [-0.15, -0.1) is 12.4 Å². The van der Waals surface area contributed by atoms with Crippen LogP contribution < -0.4 is 15.4 Å². The Hall–Kier alpha value is -1.33. The summed E-state index contributed by atoms with van der Waals surface area (Å²) in [6, 6.07) is 4.78. The Morgan fingerprint density at radius 3 is 2.95 bits per heavy atom. The highest BCUT2D eigenvalue weighted by atomic mass is 35.5. The highest BCUT2D eigenvalue weighted by Gasteiger charge is 2.15. The molecule has 2 rings (SSSR count). The summed E-state index contributed by atoms with van der Waals surface area (Å²) in [7, 11) is 1.42. The van der Waals surface area contributed by atoms with Gasteiger partial charge < -0.3 is 15.4 Å². The summed E-state index contributed by atoms with van der Waals surface area (Å²) in [5, 5.41) is 6.20. The van der Waals surface area contributed by atoms with E-state index in [4.69, 9.17) is 4.74 Å². The second-order valence-corrected chi connectivity index (χ2v) is 4.76. The minimum Gasteiger partial charge on any atom is -0.494 e. The summed E-state index contributed by atoms with van der Waals surface area (Å²) in [6.45, 7) is 1.82. The number of nitrogens with one attached hydrogen (secondary N) is 2. The molecule has 112 valence electrons. The van der Waals surface area contributed by atoms with Gasteiger partial charge in [-0.25, -0.2) is 4.39 Å². The van der Waals surface area contributed by atoms with Gasteiger partial charge in [-0.3, -0.25) is 4.79 Å². The third-order valence-electron chi connectivity index (χ3n) is 3.24. The van der Waals surface area contributed by atoms with Crippen LogP contribution in [-0.2, 0) is 11.2 Å². The van der Waals surface area contributed by atoms with Crippen molar-refractivity contribution in [3.05, 3.63) is 29.6 Å². The van der Waals surface area contributed by atoms with Crippen LogP contribution in [0.25, 0.3) is 0 Å². The van der Waals surface area contributed by atoms with E-state index in [0.29, 0.717) is 5.56 Å².